The normalized spacial score (nSPS) is 10.8. The summed E-state index contributed by atoms with van der Waals surface area (Å²) in [6, 6.07) is 17.8. The number of aryl methyl sites for hydroxylation is 3. The van der Waals surface area contributed by atoms with Crippen LogP contribution in [-0.2, 0) is 11.3 Å². The van der Waals surface area contributed by atoms with Gasteiger partial charge in [-0.3, -0.25) is 9.36 Å². The lowest BCUT2D eigenvalue weighted by molar-refractivity contribution is -0.118. The monoisotopic (exact) mass is 459 g/mol. The van der Waals surface area contributed by atoms with Gasteiger partial charge in [0.2, 0.25) is 11.8 Å². The number of nitrogens with one attached hydrogen (secondary N) is 1. The number of thioether (sulfide) groups is 1. The van der Waals surface area contributed by atoms with Crippen LogP contribution in [0.15, 0.2) is 72.3 Å². The highest BCUT2D eigenvalue weighted by Gasteiger charge is 2.10. The maximum atomic E-state index is 12.3. The van der Waals surface area contributed by atoms with Gasteiger partial charge in [-0.15, -0.1) is 10.2 Å². The van der Waals surface area contributed by atoms with Gasteiger partial charge in [-0.1, -0.05) is 47.7 Å². The Morgan fingerprint density at radius 3 is 2.58 bits per heavy atom. The second kappa shape index (κ2) is 10.3. The summed E-state index contributed by atoms with van der Waals surface area (Å²) in [5.41, 5.74) is 5.21. The van der Waals surface area contributed by atoms with Gasteiger partial charge < -0.3 is 10.1 Å². The third-order valence-corrected chi connectivity index (χ3v) is 5.95. The summed E-state index contributed by atoms with van der Waals surface area (Å²) in [6.07, 6.45) is 3.36. The summed E-state index contributed by atoms with van der Waals surface area (Å²) in [5.74, 6) is 1.46. The van der Waals surface area contributed by atoms with E-state index in [9.17, 15) is 4.79 Å². The minimum absolute atomic E-state index is 0.0887. The highest BCUT2D eigenvalue weighted by Crippen LogP contribution is 2.25. The number of hydrogen-bond donors (Lipinski definition) is 1. The molecule has 0 aliphatic carbocycles. The van der Waals surface area contributed by atoms with Crippen molar-refractivity contribution in [2.45, 2.75) is 32.5 Å². The third-order valence-electron chi connectivity index (χ3n) is 5.01. The first-order chi connectivity index (χ1) is 16.0. The van der Waals surface area contributed by atoms with Crippen LogP contribution >= 0.6 is 11.8 Å². The zero-order valence-corrected chi connectivity index (χ0v) is 19.6. The Morgan fingerprint density at radius 2 is 1.82 bits per heavy atom. The Morgan fingerprint density at radius 1 is 1.03 bits per heavy atom. The molecular weight excluding hydrogens is 434 g/mol. The second-order valence-corrected chi connectivity index (χ2v) is 8.70. The van der Waals surface area contributed by atoms with Gasteiger partial charge in [0.25, 0.3) is 0 Å². The van der Waals surface area contributed by atoms with Crippen molar-refractivity contribution in [1.29, 1.82) is 0 Å². The number of carbonyl (C=O) groups excluding carboxylic acids is 1. The van der Waals surface area contributed by atoms with Crippen LogP contribution in [0.5, 0.6) is 11.6 Å². The quantitative estimate of drug-likeness (QED) is 0.382. The molecule has 0 bridgehead atoms. The van der Waals surface area contributed by atoms with Crippen molar-refractivity contribution < 1.29 is 9.53 Å². The van der Waals surface area contributed by atoms with Crippen LogP contribution in [0.4, 0.5) is 0 Å². The Kier molecular flexibility index (Phi) is 7.04. The number of aromatic nitrogens is 4. The summed E-state index contributed by atoms with van der Waals surface area (Å²) >= 11 is 1.34. The van der Waals surface area contributed by atoms with Crippen molar-refractivity contribution in [2.75, 3.05) is 5.75 Å². The van der Waals surface area contributed by atoms with E-state index in [-0.39, 0.29) is 11.7 Å². The molecule has 0 saturated heterocycles. The average Bonchev–Trinajstić information content (AvgIpc) is 3.29. The Balaban J connectivity index is 1.28. The van der Waals surface area contributed by atoms with Gasteiger partial charge >= 0.3 is 0 Å². The Hall–Kier alpha value is -3.65. The molecule has 0 aliphatic rings. The molecule has 4 rings (SSSR count). The standard InChI is InChI=1S/C25H25N5O2S/c1-17-5-9-21(10-6-17)30-16-28-29-25(30)33-15-23(31)26-13-20-8-11-24(27-14-20)32-22-12-18(2)4-7-19(22)3/h4-12,14,16H,13,15H2,1-3H3,(H,26,31). The summed E-state index contributed by atoms with van der Waals surface area (Å²) < 4.78 is 7.76. The number of ether oxygens (including phenoxy) is 1. The minimum atomic E-state index is -0.0887. The zero-order chi connectivity index (χ0) is 23.2. The van der Waals surface area contributed by atoms with Crippen molar-refractivity contribution in [2.24, 2.45) is 0 Å². The molecule has 0 spiro atoms. The fourth-order valence-electron chi connectivity index (χ4n) is 3.09. The maximum Gasteiger partial charge on any atom is 0.230 e. The SMILES string of the molecule is Cc1ccc(-n2cnnc2SCC(=O)NCc2ccc(Oc3cc(C)ccc3C)nc2)cc1. The van der Waals surface area contributed by atoms with Crippen LogP contribution in [0.2, 0.25) is 0 Å². The van der Waals surface area contributed by atoms with E-state index in [0.29, 0.717) is 17.6 Å². The first-order valence-corrected chi connectivity index (χ1v) is 11.5. The van der Waals surface area contributed by atoms with Crippen LogP contribution in [0, 0.1) is 20.8 Å². The van der Waals surface area contributed by atoms with Crippen molar-refractivity contribution in [1.82, 2.24) is 25.1 Å². The van der Waals surface area contributed by atoms with E-state index < -0.39 is 0 Å². The van der Waals surface area contributed by atoms with E-state index >= 15 is 0 Å². The molecular formula is C25H25N5O2S. The topological polar surface area (TPSA) is 81.9 Å². The second-order valence-electron chi connectivity index (χ2n) is 7.76. The third kappa shape index (κ3) is 5.98. The van der Waals surface area contributed by atoms with Crippen LogP contribution in [0.25, 0.3) is 5.69 Å². The lowest BCUT2D eigenvalue weighted by Crippen LogP contribution is -2.24. The Bertz CT molecular complexity index is 1240. The summed E-state index contributed by atoms with van der Waals surface area (Å²) in [4.78, 5) is 16.7. The van der Waals surface area contributed by atoms with Crippen molar-refractivity contribution in [3.05, 3.63) is 89.4 Å². The largest absolute Gasteiger partial charge is 0.439 e. The maximum absolute atomic E-state index is 12.3. The lowest BCUT2D eigenvalue weighted by Gasteiger charge is -2.10. The van der Waals surface area contributed by atoms with E-state index in [1.807, 2.05) is 79.9 Å². The summed E-state index contributed by atoms with van der Waals surface area (Å²) in [7, 11) is 0. The molecule has 33 heavy (non-hydrogen) atoms. The van der Waals surface area contributed by atoms with Crippen molar-refractivity contribution >= 4 is 17.7 Å². The lowest BCUT2D eigenvalue weighted by atomic mass is 10.1. The number of hydrogen-bond acceptors (Lipinski definition) is 6. The van der Waals surface area contributed by atoms with Gasteiger partial charge in [0.05, 0.1) is 5.75 Å². The van der Waals surface area contributed by atoms with Gasteiger partial charge in [0.1, 0.15) is 12.1 Å². The molecule has 0 radical (unpaired) electrons. The molecule has 168 valence electrons. The van der Waals surface area contributed by atoms with Crippen molar-refractivity contribution in [3.8, 4) is 17.3 Å². The molecule has 8 heteroatoms. The van der Waals surface area contributed by atoms with Crippen LogP contribution in [0.1, 0.15) is 22.3 Å². The van der Waals surface area contributed by atoms with Gasteiger partial charge in [-0.05, 0) is 55.7 Å². The van der Waals surface area contributed by atoms with Gasteiger partial charge in [0, 0.05) is 24.5 Å². The van der Waals surface area contributed by atoms with E-state index in [2.05, 4.69) is 20.5 Å². The van der Waals surface area contributed by atoms with Crippen molar-refractivity contribution in [3.63, 3.8) is 0 Å². The number of amides is 1. The molecule has 2 heterocycles. The molecule has 0 saturated carbocycles. The van der Waals surface area contributed by atoms with E-state index in [1.54, 1.807) is 12.5 Å². The molecule has 0 aliphatic heterocycles. The summed E-state index contributed by atoms with van der Waals surface area (Å²) in [5, 5.41) is 11.7. The number of rotatable bonds is 8. The van der Waals surface area contributed by atoms with Gasteiger partial charge in [-0.2, -0.15) is 0 Å². The molecule has 2 aromatic carbocycles. The van der Waals surface area contributed by atoms with Crippen LogP contribution in [-0.4, -0.2) is 31.4 Å². The zero-order valence-electron chi connectivity index (χ0n) is 18.8. The van der Waals surface area contributed by atoms with Gasteiger partial charge in [-0.25, -0.2) is 4.98 Å². The first-order valence-electron chi connectivity index (χ1n) is 10.5. The van der Waals surface area contributed by atoms with E-state index in [1.165, 1.54) is 17.3 Å². The Labute approximate surface area is 197 Å². The molecule has 2 aromatic heterocycles. The molecule has 1 amide bonds. The smallest absolute Gasteiger partial charge is 0.230 e. The predicted molar refractivity (Wildman–Crippen MR) is 129 cm³/mol. The molecule has 0 unspecified atom stereocenters. The molecule has 0 atom stereocenters. The highest BCUT2D eigenvalue weighted by molar-refractivity contribution is 7.99. The average molecular weight is 460 g/mol. The molecule has 1 N–H and O–H groups in total. The molecule has 0 fully saturated rings. The number of pyridine rings is 1. The first kappa shape index (κ1) is 22.5. The van der Waals surface area contributed by atoms with E-state index in [4.69, 9.17) is 4.74 Å². The van der Waals surface area contributed by atoms with Crippen LogP contribution < -0.4 is 10.1 Å². The molecule has 4 aromatic rings. The molecule has 7 nitrogen and oxygen atoms in total. The van der Waals surface area contributed by atoms with E-state index in [0.717, 1.165) is 28.1 Å². The van der Waals surface area contributed by atoms with Gasteiger partial charge in [0.15, 0.2) is 5.16 Å². The minimum Gasteiger partial charge on any atom is -0.439 e. The fourth-order valence-corrected chi connectivity index (χ4v) is 3.85. The number of nitrogens with zero attached hydrogens (tertiary/aromatic N) is 4. The fraction of sp³-hybridized carbons (Fsp3) is 0.200. The highest BCUT2D eigenvalue weighted by atomic mass is 32.2. The number of benzene rings is 2. The summed E-state index contributed by atoms with van der Waals surface area (Å²) in [6.45, 7) is 6.45. The predicted octanol–water partition coefficient (Wildman–Crippen LogP) is 4.79. The number of carbonyl (C=O) groups is 1. The van der Waals surface area contributed by atoms with Crippen LogP contribution in [0.3, 0.4) is 0 Å².